The number of benzene rings is 2. The summed E-state index contributed by atoms with van der Waals surface area (Å²) in [5.74, 6) is -0.269. The van der Waals surface area contributed by atoms with Crippen LogP contribution in [0.1, 0.15) is 99.2 Å². The van der Waals surface area contributed by atoms with Crippen LogP contribution in [-0.2, 0) is 91.3 Å². The molecule has 4 amide bonds. The van der Waals surface area contributed by atoms with E-state index in [9.17, 15) is 72.0 Å². The Hall–Kier alpha value is -9.25. The number of amides is 4. The first-order chi connectivity index (χ1) is 45.5. The predicted molar refractivity (Wildman–Crippen MR) is 349 cm³/mol. The smallest absolute Gasteiger partial charge is 0.343 e. The molecule has 1 fully saturated rings. The summed E-state index contributed by atoms with van der Waals surface area (Å²) in [7, 11) is -1.98. The van der Waals surface area contributed by atoms with E-state index in [1.54, 1.807) is 83.5 Å². The van der Waals surface area contributed by atoms with E-state index in [1.807, 2.05) is 17.9 Å². The van der Waals surface area contributed by atoms with Crippen molar-refractivity contribution in [3.63, 3.8) is 0 Å². The van der Waals surface area contributed by atoms with Gasteiger partial charge in [-0.1, -0.05) is 45.6 Å². The molecule has 6 heterocycles. The number of nitrogens with one attached hydrogen (secondary N) is 3. The van der Waals surface area contributed by atoms with Crippen LogP contribution in [0.3, 0.4) is 0 Å². The molecule has 3 aliphatic rings. The molecular weight excluding hydrogens is 1260 g/mol. The second-order valence-electron chi connectivity index (χ2n) is 24.6. The number of pyridine rings is 2. The third kappa shape index (κ3) is 18.4. The zero-order chi connectivity index (χ0) is 69.8. The number of aliphatic carboxylic acids is 3. The van der Waals surface area contributed by atoms with Crippen LogP contribution in [0.25, 0.3) is 22.3 Å². The second-order valence-corrected chi connectivity index (χ2v) is 26.5. The van der Waals surface area contributed by atoms with E-state index in [0.29, 0.717) is 64.3 Å². The van der Waals surface area contributed by atoms with Gasteiger partial charge in [0.05, 0.1) is 60.8 Å². The van der Waals surface area contributed by atoms with Crippen molar-refractivity contribution in [3.8, 4) is 29.0 Å². The van der Waals surface area contributed by atoms with Gasteiger partial charge in [0.2, 0.25) is 38.6 Å². The van der Waals surface area contributed by atoms with Crippen molar-refractivity contribution >= 4 is 73.9 Å². The number of aryl methyl sites for hydroxylation is 1. The summed E-state index contributed by atoms with van der Waals surface area (Å²) in [5.41, 5.74) is 3.24. The molecule has 8 rings (SSSR count). The van der Waals surface area contributed by atoms with Gasteiger partial charge in [-0.3, -0.25) is 58.0 Å². The number of aromatic nitrogens is 4. The Balaban J connectivity index is 1.00. The lowest BCUT2D eigenvalue weighted by Crippen LogP contribution is -2.53. The lowest BCUT2D eigenvalue weighted by Gasteiger charge is -2.33. The fourth-order valence-electron chi connectivity index (χ4n) is 11.7. The number of hydrogen-bond acceptors (Lipinski definition) is 21. The monoisotopic (exact) mass is 1350 g/mol. The minimum Gasteiger partial charge on any atom is -0.489 e. The topological polar surface area (TPSA) is 383 Å². The standard InChI is InChI=1S/C66H82N12O17S/c1-8-47-48-28-46(17-18-52(48)71-60-49(47)33-78-53(60)29-51-50(63(78)89)39-95-64(90)66(51,91)9-2)94-38-43-15-16-45(70-61(87)41(5)69-62(88)59(40(3)4)72-54(79)14-12-10-11-13-42-30-67-65(68-31-42)96(7,92)93)27-44(43)32-73(6)55(80)34-74-19-21-75(35-56(81)82)23-25-77(37-58(85)86)26-24-76(22-20-74)36-57(83)84/h15-18,27-31,40-41,59,91H,8-10,12,14,19-26,32-39H2,1-7H3,(H,69,88)(H,70,87)(H,72,79)(H,81,82)(H,83,84)(H,85,86)/t41-,59-,66-/m0/s1. The summed E-state index contributed by atoms with van der Waals surface area (Å²) in [4.78, 5) is 139. The van der Waals surface area contributed by atoms with E-state index in [-0.39, 0.29) is 151 Å². The van der Waals surface area contributed by atoms with Gasteiger partial charge in [0.25, 0.3) is 5.56 Å². The highest BCUT2D eigenvalue weighted by atomic mass is 32.2. The quantitative estimate of drug-likeness (QED) is 0.0185. The van der Waals surface area contributed by atoms with Crippen LogP contribution in [0.2, 0.25) is 0 Å². The van der Waals surface area contributed by atoms with Gasteiger partial charge in [0, 0.05) is 120 Å². The molecule has 0 radical (unpaired) electrons. The number of carbonyl (C=O) groups is 8. The molecule has 0 unspecified atom stereocenters. The molecule has 0 aliphatic carbocycles. The Morgan fingerprint density at radius 3 is 1.95 bits per heavy atom. The molecule has 96 heavy (non-hydrogen) atoms. The highest BCUT2D eigenvalue weighted by Crippen LogP contribution is 2.41. The van der Waals surface area contributed by atoms with Gasteiger partial charge in [0.1, 0.15) is 31.0 Å². The Kier molecular flexibility index (Phi) is 24.2. The normalized spacial score (nSPS) is 17.0. The van der Waals surface area contributed by atoms with Crippen molar-refractivity contribution < 1.29 is 76.7 Å². The van der Waals surface area contributed by atoms with E-state index >= 15 is 0 Å². The van der Waals surface area contributed by atoms with Gasteiger partial charge >= 0.3 is 23.9 Å². The summed E-state index contributed by atoms with van der Waals surface area (Å²) >= 11 is 0. The molecule has 30 heteroatoms. The largest absolute Gasteiger partial charge is 0.489 e. The number of nitrogens with zero attached hydrogens (tertiary/aromatic N) is 9. The van der Waals surface area contributed by atoms with Crippen LogP contribution in [-0.4, -0.2) is 224 Å². The number of esters is 1. The van der Waals surface area contributed by atoms with E-state index in [2.05, 4.69) is 37.8 Å². The molecule has 2 aromatic carbocycles. The fourth-order valence-corrected chi connectivity index (χ4v) is 12.2. The Bertz CT molecular complexity index is 4010. The SMILES string of the molecule is CCc1c2c(nc3ccc(OCc4ccc(NC(=O)[C@H](C)NC(=O)[C@@H](NC(=O)CCCC#Cc5cnc(S(C)(=O)=O)nc5)C(C)C)cc4CN(C)C(=O)CN4CCN(CC(=O)O)CCN(CC(=O)O)CCN(CC(=O)O)CC4)cc13)-c1cc3c(c(=O)n1C2)COC(=O)[C@]3(O)CC. The average Bonchev–Trinajstić information content (AvgIpc) is 1.52. The number of anilines is 1. The van der Waals surface area contributed by atoms with Crippen molar-refractivity contribution in [2.24, 2.45) is 5.92 Å². The molecule has 5 aromatic rings. The average molecular weight is 1350 g/mol. The zero-order valence-electron chi connectivity index (χ0n) is 54.8. The number of likely N-dealkylation sites (N-methyl/N-ethyl adjacent to an activating group) is 1. The number of cyclic esters (lactones) is 1. The number of carboxylic acids is 3. The van der Waals surface area contributed by atoms with E-state index < -0.39 is 69.1 Å². The molecule has 1 saturated heterocycles. The molecule has 29 nitrogen and oxygen atoms in total. The van der Waals surface area contributed by atoms with Gasteiger partial charge in [-0.2, -0.15) is 0 Å². The summed E-state index contributed by atoms with van der Waals surface area (Å²) < 4.78 is 36.7. The molecule has 0 saturated carbocycles. The lowest BCUT2D eigenvalue weighted by molar-refractivity contribution is -0.172. The molecule has 3 aliphatic heterocycles. The van der Waals surface area contributed by atoms with Gasteiger partial charge in [0.15, 0.2) is 5.60 Å². The zero-order valence-corrected chi connectivity index (χ0v) is 55.6. The second kappa shape index (κ2) is 32.0. The number of sulfone groups is 1. The summed E-state index contributed by atoms with van der Waals surface area (Å²) in [5, 5.41) is 49.4. The van der Waals surface area contributed by atoms with Crippen molar-refractivity contribution in [1.29, 1.82) is 0 Å². The van der Waals surface area contributed by atoms with E-state index in [1.165, 1.54) is 24.2 Å². The van der Waals surface area contributed by atoms with Crippen molar-refractivity contribution in [3.05, 3.63) is 104 Å². The van der Waals surface area contributed by atoms with Crippen LogP contribution in [0, 0.1) is 17.8 Å². The van der Waals surface area contributed by atoms with Crippen molar-refractivity contribution in [2.75, 3.05) is 97.2 Å². The first-order valence-electron chi connectivity index (χ1n) is 31.6. The molecule has 0 spiro atoms. The molecule has 3 atom stereocenters. The summed E-state index contributed by atoms with van der Waals surface area (Å²) in [6.07, 6.45) is 4.79. The first kappa shape index (κ1) is 72.6. The summed E-state index contributed by atoms with van der Waals surface area (Å²) in [6, 6.07) is 10.0. The number of ether oxygens (including phenoxy) is 2. The Labute approximate surface area is 555 Å². The first-order valence-corrected chi connectivity index (χ1v) is 33.5. The number of fused-ring (bicyclic) bond motifs is 5. The number of rotatable bonds is 25. The molecular formula is C66H82N12O17S. The van der Waals surface area contributed by atoms with Crippen LogP contribution < -0.4 is 26.2 Å². The Morgan fingerprint density at radius 2 is 1.39 bits per heavy atom. The maximum absolute atomic E-state index is 14.5. The van der Waals surface area contributed by atoms with Crippen LogP contribution in [0.15, 0.2) is 64.8 Å². The molecule has 0 bridgehead atoms. The van der Waals surface area contributed by atoms with Gasteiger partial charge in [-0.05, 0) is 85.2 Å². The maximum Gasteiger partial charge on any atom is 0.343 e. The molecule has 7 N–H and O–H groups in total. The van der Waals surface area contributed by atoms with Crippen LogP contribution >= 0.6 is 0 Å². The van der Waals surface area contributed by atoms with Crippen LogP contribution in [0.5, 0.6) is 5.75 Å². The summed E-state index contributed by atoms with van der Waals surface area (Å²) in [6.45, 7) is 8.85. The minimum atomic E-state index is -3.57. The number of aliphatic hydroxyl groups is 1. The lowest BCUT2D eigenvalue weighted by atomic mass is 9.86. The number of carboxylic acid groups (broad SMARTS) is 3. The molecule has 514 valence electrons. The third-order valence-corrected chi connectivity index (χ3v) is 18.0. The van der Waals surface area contributed by atoms with E-state index in [0.717, 1.165) is 22.8 Å². The number of carbonyl (C=O) groups excluding carboxylic acids is 5. The molecule has 3 aromatic heterocycles. The third-order valence-electron chi connectivity index (χ3n) is 17.1. The minimum absolute atomic E-state index is 0.00263. The van der Waals surface area contributed by atoms with Gasteiger partial charge < -0.3 is 55.3 Å². The maximum atomic E-state index is 14.5. The Morgan fingerprint density at radius 1 is 0.781 bits per heavy atom. The highest BCUT2D eigenvalue weighted by Gasteiger charge is 2.46. The van der Waals surface area contributed by atoms with Crippen molar-refractivity contribution in [2.45, 2.75) is 116 Å². The number of unbranched alkanes of at least 4 members (excludes halogenated alkanes) is 1. The number of hydrogen-bond donors (Lipinski definition) is 7. The van der Waals surface area contributed by atoms with Crippen LogP contribution in [0.4, 0.5) is 5.69 Å². The predicted octanol–water partition coefficient (Wildman–Crippen LogP) is 1.65. The van der Waals surface area contributed by atoms with Crippen molar-refractivity contribution in [1.82, 2.24) is 54.7 Å². The van der Waals surface area contributed by atoms with Gasteiger partial charge in [-0.15, -0.1) is 0 Å². The fraction of sp³-hybridized carbons (Fsp3) is 0.485. The van der Waals surface area contributed by atoms with Gasteiger partial charge in [-0.25, -0.2) is 28.2 Å². The highest BCUT2D eigenvalue weighted by molar-refractivity contribution is 7.90. The van der Waals surface area contributed by atoms with E-state index in [4.69, 9.17) is 14.5 Å².